The molecule has 2 aromatic rings. The number of ether oxygens (including phenoxy) is 1. The molecule has 6 nitrogen and oxygen atoms in total. The van der Waals surface area contributed by atoms with Gasteiger partial charge < -0.3 is 25.6 Å². The molecule has 2 aromatic carbocycles. The first-order chi connectivity index (χ1) is 15.1. The number of hydrogen-bond acceptors (Lipinski definition) is 4. The third kappa shape index (κ3) is 6.93. The van der Waals surface area contributed by atoms with E-state index in [1.807, 2.05) is 6.07 Å². The van der Waals surface area contributed by atoms with Crippen LogP contribution >= 0.6 is 0 Å². The molecule has 0 saturated heterocycles. The van der Waals surface area contributed by atoms with Crippen LogP contribution in [0.4, 0.5) is 9.18 Å². The second-order valence-electron chi connectivity index (χ2n) is 9.66. The topological polar surface area (TPSA) is 90.8 Å². The van der Waals surface area contributed by atoms with Crippen molar-refractivity contribution in [3.63, 3.8) is 0 Å². The van der Waals surface area contributed by atoms with E-state index in [0.29, 0.717) is 12.2 Å². The molecule has 0 unspecified atom stereocenters. The fraction of sp³-hybridized carbons (Fsp3) is 0.480. The summed E-state index contributed by atoms with van der Waals surface area (Å²) in [6, 6.07) is 11.4. The quantitative estimate of drug-likeness (QED) is 0.493. The predicted octanol–water partition coefficient (Wildman–Crippen LogP) is 4.07. The van der Waals surface area contributed by atoms with E-state index in [2.05, 4.69) is 43.5 Å². The first-order valence-electron chi connectivity index (χ1n) is 11.0. The number of nitrogens with one attached hydrogen (secondary N) is 2. The van der Waals surface area contributed by atoms with Gasteiger partial charge in [-0.3, -0.25) is 0 Å². The maximum Gasteiger partial charge on any atom is 0.404 e. The number of hydrogen-bond donors (Lipinski definition) is 4. The molecule has 0 saturated carbocycles. The monoisotopic (exact) mass is 444 g/mol. The molecule has 1 amide bonds. The number of rotatable bonds is 8. The lowest BCUT2D eigenvalue weighted by Gasteiger charge is -2.30. The van der Waals surface area contributed by atoms with Crippen LogP contribution in [0.2, 0.25) is 0 Å². The third-order valence-electron chi connectivity index (χ3n) is 5.54. The van der Waals surface area contributed by atoms with Crippen molar-refractivity contribution in [3.05, 3.63) is 65.0 Å². The lowest BCUT2D eigenvalue weighted by atomic mass is 9.86. The summed E-state index contributed by atoms with van der Waals surface area (Å²) in [6.45, 7) is 7.35. The Kier molecular flexibility index (Phi) is 7.74. The number of halogens is 1. The Labute approximate surface area is 188 Å². The second-order valence-corrected chi connectivity index (χ2v) is 9.66. The minimum absolute atomic E-state index is 0.00651. The number of aliphatic hydroxyl groups excluding tert-OH is 1. The largest absolute Gasteiger partial charge is 0.493 e. The SMILES string of the molecule is CC(C)(C)Cc1ccc2c(c1)[C@@H](NC[C@H](O)[C@H](Cc1cccc(F)c1)NC(=O)O)CCO2. The Morgan fingerprint density at radius 3 is 2.69 bits per heavy atom. The van der Waals surface area contributed by atoms with Crippen LogP contribution in [0.1, 0.15) is 49.9 Å². The van der Waals surface area contributed by atoms with Gasteiger partial charge in [0.2, 0.25) is 0 Å². The highest BCUT2D eigenvalue weighted by molar-refractivity contribution is 5.65. The maximum absolute atomic E-state index is 13.5. The van der Waals surface area contributed by atoms with E-state index in [4.69, 9.17) is 4.74 Å². The summed E-state index contributed by atoms with van der Waals surface area (Å²) in [5, 5.41) is 25.7. The minimum atomic E-state index is -1.23. The number of aliphatic hydroxyl groups is 1. The molecule has 1 heterocycles. The molecule has 0 aliphatic carbocycles. The third-order valence-corrected chi connectivity index (χ3v) is 5.54. The van der Waals surface area contributed by atoms with Gasteiger partial charge in [0, 0.05) is 24.6 Å². The molecule has 1 aliphatic rings. The summed E-state index contributed by atoms with van der Waals surface area (Å²) in [5.74, 6) is 0.440. The lowest BCUT2D eigenvalue weighted by molar-refractivity contribution is 0.112. The molecule has 174 valence electrons. The average Bonchev–Trinajstić information content (AvgIpc) is 2.70. The number of fused-ring (bicyclic) bond motifs is 1. The average molecular weight is 445 g/mol. The van der Waals surface area contributed by atoms with Crippen molar-refractivity contribution in [1.29, 1.82) is 0 Å². The van der Waals surface area contributed by atoms with Gasteiger partial charge in [0.15, 0.2) is 0 Å². The van der Waals surface area contributed by atoms with Gasteiger partial charge in [-0.25, -0.2) is 9.18 Å². The van der Waals surface area contributed by atoms with E-state index in [1.165, 1.54) is 17.7 Å². The van der Waals surface area contributed by atoms with Crippen LogP contribution in [0.3, 0.4) is 0 Å². The fourth-order valence-electron chi connectivity index (χ4n) is 4.14. The highest BCUT2D eigenvalue weighted by Crippen LogP contribution is 2.34. The highest BCUT2D eigenvalue weighted by atomic mass is 19.1. The molecular formula is C25H33FN2O4. The molecular weight excluding hydrogens is 411 g/mol. The molecule has 0 radical (unpaired) electrons. The van der Waals surface area contributed by atoms with E-state index in [9.17, 15) is 19.4 Å². The Morgan fingerprint density at radius 1 is 1.22 bits per heavy atom. The highest BCUT2D eigenvalue weighted by Gasteiger charge is 2.26. The van der Waals surface area contributed by atoms with Crippen molar-refractivity contribution in [2.75, 3.05) is 13.2 Å². The Balaban J connectivity index is 1.69. The molecule has 0 aromatic heterocycles. The van der Waals surface area contributed by atoms with Gasteiger partial charge in [0.05, 0.1) is 18.8 Å². The van der Waals surface area contributed by atoms with E-state index < -0.39 is 24.1 Å². The summed E-state index contributed by atoms with van der Waals surface area (Å²) < 4.78 is 19.3. The van der Waals surface area contributed by atoms with Crippen LogP contribution in [0.15, 0.2) is 42.5 Å². The number of benzene rings is 2. The second kappa shape index (κ2) is 10.3. The van der Waals surface area contributed by atoms with Crippen LogP contribution < -0.4 is 15.4 Å². The summed E-state index contributed by atoms with van der Waals surface area (Å²) >= 11 is 0. The van der Waals surface area contributed by atoms with Gasteiger partial charge in [0.1, 0.15) is 11.6 Å². The normalized spacial score (nSPS) is 17.7. The van der Waals surface area contributed by atoms with Crippen molar-refractivity contribution >= 4 is 6.09 Å². The van der Waals surface area contributed by atoms with Gasteiger partial charge in [-0.15, -0.1) is 0 Å². The van der Waals surface area contributed by atoms with E-state index in [-0.39, 0.29) is 24.4 Å². The Bertz CT molecular complexity index is 928. The molecule has 0 spiro atoms. The van der Waals surface area contributed by atoms with E-state index in [1.54, 1.807) is 12.1 Å². The van der Waals surface area contributed by atoms with Gasteiger partial charge in [-0.05, 0) is 47.6 Å². The van der Waals surface area contributed by atoms with Crippen LogP contribution in [0, 0.1) is 11.2 Å². The first-order valence-corrected chi connectivity index (χ1v) is 11.0. The maximum atomic E-state index is 13.5. The zero-order chi connectivity index (χ0) is 23.3. The molecule has 0 fully saturated rings. The van der Waals surface area contributed by atoms with Crippen molar-refractivity contribution in [2.45, 2.75) is 58.2 Å². The summed E-state index contributed by atoms with van der Waals surface area (Å²) in [4.78, 5) is 11.3. The molecule has 7 heteroatoms. The summed E-state index contributed by atoms with van der Waals surface area (Å²) in [7, 11) is 0. The van der Waals surface area contributed by atoms with Crippen molar-refractivity contribution < 1.29 is 24.1 Å². The first kappa shape index (κ1) is 24.0. The molecule has 1 aliphatic heterocycles. The summed E-state index contributed by atoms with van der Waals surface area (Å²) in [5.41, 5.74) is 3.06. The van der Waals surface area contributed by atoms with Crippen molar-refractivity contribution in [3.8, 4) is 5.75 Å². The van der Waals surface area contributed by atoms with Crippen LogP contribution in [0.25, 0.3) is 0 Å². The molecule has 0 bridgehead atoms. The van der Waals surface area contributed by atoms with Crippen LogP contribution in [-0.4, -0.2) is 41.6 Å². The van der Waals surface area contributed by atoms with Gasteiger partial charge >= 0.3 is 6.09 Å². The standard InChI is InChI=1S/C25H33FN2O4/c1-25(2,3)14-17-7-8-23-19(12-17)20(9-10-32-23)27-15-22(29)21(28-24(30)31)13-16-5-4-6-18(26)11-16/h4-8,11-12,20-22,27-29H,9-10,13-15H2,1-3H3,(H,30,31)/t20-,21-,22-/m0/s1. The zero-order valence-electron chi connectivity index (χ0n) is 18.9. The number of carboxylic acid groups (broad SMARTS) is 1. The van der Waals surface area contributed by atoms with Crippen molar-refractivity contribution in [1.82, 2.24) is 10.6 Å². The van der Waals surface area contributed by atoms with E-state index in [0.717, 1.165) is 24.2 Å². The Morgan fingerprint density at radius 2 is 2.00 bits per heavy atom. The van der Waals surface area contributed by atoms with Gasteiger partial charge in [-0.1, -0.05) is 45.0 Å². The van der Waals surface area contributed by atoms with Crippen molar-refractivity contribution in [2.24, 2.45) is 5.41 Å². The fourth-order valence-corrected chi connectivity index (χ4v) is 4.14. The van der Waals surface area contributed by atoms with E-state index >= 15 is 0 Å². The lowest BCUT2D eigenvalue weighted by Crippen LogP contribution is -2.49. The molecule has 3 atom stereocenters. The summed E-state index contributed by atoms with van der Waals surface area (Å²) in [6.07, 6.45) is -0.340. The van der Waals surface area contributed by atoms with Gasteiger partial charge in [-0.2, -0.15) is 0 Å². The van der Waals surface area contributed by atoms with Crippen LogP contribution in [-0.2, 0) is 12.8 Å². The predicted molar refractivity (Wildman–Crippen MR) is 122 cm³/mol. The zero-order valence-corrected chi connectivity index (χ0v) is 18.9. The van der Waals surface area contributed by atoms with Gasteiger partial charge in [0.25, 0.3) is 0 Å². The molecule has 32 heavy (non-hydrogen) atoms. The Hall–Kier alpha value is -2.64. The number of carbonyl (C=O) groups is 1. The minimum Gasteiger partial charge on any atom is -0.493 e. The number of amides is 1. The molecule has 4 N–H and O–H groups in total. The smallest absolute Gasteiger partial charge is 0.404 e. The van der Waals surface area contributed by atoms with Crippen LogP contribution in [0.5, 0.6) is 5.75 Å². The molecule has 3 rings (SSSR count).